The van der Waals surface area contributed by atoms with Crippen molar-refractivity contribution in [1.29, 1.82) is 0 Å². The molecule has 0 spiro atoms. The van der Waals surface area contributed by atoms with Crippen LogP contribution in [0.5, 0.6) is 0 Å². The van der Waals surface area contributed by atoms with E-state index in [0.29, 0.717) is 5.02 Å². The fourth-order valence-corrected chi connectivity index (χ4v) is 3.50. The van der Waals surface area contributed by atoms with E-state index in [2.05, 4.69) is 52.7 Å². The van der Waals surface area contributed by atoms with Crippen LogP contribution in [0, 0.1) is 0 Å². The summed E-state index contributed by atoms with van der Waals surface area (Å²) in [5.74, 6) is -0.270. The zero-order valence-corrected chi connectivity index (χ0v) is 15.1. The minimum Gasteiger partial charge on any atom is -0.374 e. The summed E-state index contributed by atoms with van der Waals surface area (Å²) in [5.41, 5.74) is 3.99. The monoisotopic (exact) mass is 444 g/mol. The van der Waals surface area contributed by atoms with E-state index in [4.69, 9.17) is 11.6 Å². The predicted octanol–water partition coefficient (Wildman–Crippen LogP) is 3.82. The lowest BCUT2D eigenvalue weighted by atomic mass is 10.3. The molecule has 2 rings (SSSR count). The molecule has 1 amide bonds. The maximum atomic E-state index is 11.7. The van der Waals surface area contributed by atoms with Crippen molar-refractivity contribution in [2.24, 2.45) is 5.10 Å². The number of anilines is 1. The van der Waals surface area contributed by atoms with Gasteiger partial charge in [0.25, 0.3) is 5.91 Å². The second-order valence-electron chi connectivity index (χ2n) is 4.18. The molecule has 1 aromatic carbocycles. The van der Waals surface area contributed by atoms with Crippen molar-refractivity contribution in [3.8, 4) is 0 Å². The van der Waals surface area contributed by atoms with Crippen LogP contribution in [-0.4, -0.2) is 23.7 Å². The molecule has 1 heterocycles. The molecule has 1 aromatic heterocycles. The Kier molecular flexibility index (Phi) is 6.35. The van der Waals surface area contributed by atoms with E-state index in [1.165, 1.54) is 6.21 Å². The van der Waals surface area contributed by atoms with Crippen LogP contribution in [0.3, 0.4) is 0 Å². The summed E-state index contributed by atoms with van der Waals surface area (Å²) in [6.45, 7) is 0.0726. The average Bonchev–Trinajstić information content (AvgIpc) is 2.47. The van der Waals surface area contributed by atoms with Gasteiger partial charge in [-0.3, -0.25) is 9.78 Å². The molecule has 114 valence electrons. The number of benzene rings is 1. The van der Waals surface area contributed by atoms with Crippen LogP contribution in [0.4, 0.5) is 5.69 Å². The molecule has 0 saturated carbocycles. The van der Waals surface area contributed by atoms with Gasteiger partial charge in [-0.25, -0.2) is 5.43 Å². The van der Waals surface area contributed by atoms with E-state index in [0.717, 1.165) is 20.2 Å². The second kappa shape index (κ2) is 8.26. The lowest BCUT2D eigenvalue weighted by molar-refractivity contribution is -0.119. The molecule has 0 saturated heterocycles. The Labute approximate surface area is 149 Å². The minimum atomic E-state index is -0.270. The van der Waals surface area contributed by atoms with E-state index in [-0.39, 0.29) is 12.5 Å². The van der Waals surface area contributed by atoms with Gasteiger partial charge in [0.2, 0.25) is 0 Å². The van der Waals surface area contributed by atoms with Gasteiger partial charge in [0, 0.05) is 31.9 Å². The standard InChI is InChI=1S/C14H11Br2ClN4O/c15-11-4-10(17)5-12(16)14(11)19-8-13(22)21-20-7-9-2-1-3-18-6-9/h1-7,19H,8H2,(H,21,22)/b20-7+. The molecule has 22 heavy (non-hydrogen) atoms. The molecule has 0 atom stereocenters. The Morgan fingerprint density at radius 1 is 1.36 bits per heavy atom. The number of pyridine rings is 1. The van der Waals surface area contributed by atoms with Gasteiger partial charge in [-0.1, -0.05) is 17.7 Å². The molecule has 2 aromatic rings. The van der Waals surface area contributed by atoms with Crippen molar-refractivity contribution < 1.29 is 4.79 Å². The van der Waals surface area contributed by atoms with Crippen LogP contribution in [0.15, 0.2) is 50.7 Å². The number of nitrogens with zero attached hydrogens (tertiary/aromatic N) is 2. The number of carbonyl (C=O) groups excluding carboxylic acids is 1. The van der Waals surface area contributed by atoms with Crippen molar-refractivity contribution in [1.82, 2.24) is 10.4 Å². The number of rotatable bonds is 5. The van der Waals surface area contributed by atoms with E-state index in [1.807, 2.05) is 6.07 Å². The summed E-state index contributed by atoms with van der Waals surface area (Å²) in [6, 6.07) is 7.11. The van der Waals surface area contributed by atoms with Gasteiger partial charge in [0.05, 0.1) is 18.4 Å². The highest BCUT2D eigenvalue weighted by Crippen LogP contribution is 2.33. The van der Waals surface area contributed by atoms with Gasteiger partial charge in [-0.15, -0.1) is 0 Å². The third-order valence-electron chi connectivity index (χ3n) is 2.52. The number of hydrazone groups is 1. The number of aromatic nitrogens is 1. The fraction of sp³-hybridized carbons (Fsp3) is 0.0714. The predicted molar refractivity (Wildman–Crippen MR) is 95.3 cm³/mol. The van der Waals surface area contributed by atoms with E-state index >= 15 is 0 Å². The zero-order valence-electron chi connectivity index (χ0n) is 11.2. The third-order valence-corrected chi connectivity index (χ3v) is 3.99. The zero-order chi connectivity index (χ0) is 15.9. The average molecular weight is 447 g/mol. The Bertz CT molecular complexity index is 671. The molecule has 5 nitrogen and oxygen atoms in total. The van der Waals surface area contributed by atoms with Crippen molar-refractivity contribution in [2.45, 2.75) is 0 Å². The van der Waals surface area contributed by atoms with Gasteiger partial charge < -0.3 is 5.32 Å². The number of carbonyl (C=O) groups is 1. The summed E-state index contributed by atoms with van der Waals surface area (Å²) in [4.78, 5) is 15.7. The van der Waals surface area contributed by atoms with Crippen molar-refractivity contribution in [2.75, 3.05) is 11.9 Å². The highest BCUT2D eigenvalue weighted by atomic mass is 79.9. The molecule has 2 N–H and O–H groups in total. The largest absolute Gasteiger partial charge is 0.374 e. The summed E-state index contributed by atoms with van der Waals surface area (Å²) < 4.78 is 1.53. The highest BCUT2D eigenvalue weighted by molar-refractivity contribution is 9.11. The molecule has 0 aliphatic heterocycles. The topological polar surface area (TPSA) is 66.4 Å². The van der Waals surface area contributed by atoms with E-state index < -0.39 is 0 Å². The van der Waals surface area contributed by atoms with Crippen LogP contribution >= 0.6 is 43.5 Å². The van der Waals surface area contributed by atoms with Crippen LogP contribution in [0.2, 0.25) is 5.02 Å². The first-order chi connectivity index (χ1) is 10.6. The van der Waals surface area contributed by atoms with Crippen molar-refractivity contribution >= 4 is 61.3 Å². The first-order valence-corrected chi connectivity index (χ1v) is 8.13. The molecular weight excluding hydrogens is 435 g/mol. The molecule has 0 aliphatic carbocycles. The number of halogens is 3. The highest BCUT2D eigenvalue weighted by Gasteiger charge is 2.08. The van der Waals surface area contributed by atoms with Gasteiger partial charge in [-0.05, 0) is 50.1 Å². The summed E-state index contributed by atoms with van der Waals surface area (Å²) >= 11 is 12.7. The normalized spacial score (nSPS) is 10.7. The molecule has 0 aliphatic rings. The molecule has 0 bridgehead atoms. The van der Waals surface area contributed by atoms with Crippen molar-refractivity contribution in [3.05, 3.63) is 56.2 Å². The lowest BCUT2D eigenvalue weighted by Crippen LogP contribution is -2.26. The van der Waals surface area contributed by atoms with Crippen molar-refractivity contribution in [3.63, 3.8) is 0 Å². The molecule has 0 radical (unpaired) electrons. The Morgan fingerprint density at radius 2 is 2.09 bits per heavy atom. The molecule has 8 heteroatoms. The Morgan fingerprint density at radius 3 is 2.73 bits per heavy atom. The SMILES string of the molecule is O=C(CNc1c(Br)cc(Cl)cc1Br)N/N=C/c1cccnc1. The Balaban J connectivity index is 1.87. The maximum absolute atomic E-state index is 11.7. The Hall–Kier alpha value is -1.44. The van der Waals surface area contributed by atoms with Gasteiger partial charge in [0.1, 0.15) is 0 Å². The summed E-state index contributed by atoms with van der Waals surface area (Å²) in [5, 5.41) is 7.46. The minimum absolute atomic E-state index is 0.0726. The number of hydrogen-bond donors (Lipinski definition) is 2. The van der Waals surface area contributed by atoms with Gasteiger partial charge >= 0.3 is 0 Å². The maximum Gasteiger partial charge on any atom is 0.259 e. The fourth-order valence-electron chi connectivity index (χ4n) is 1.55. The summed E-state index contributed by atoms with van der Waals surface area (Å²) in [7, 11) is 0. The molecule has 0 fully saturated rings. The first-order valence-electron chi connectivity index (χ1n) is 6.16. The number of amides is 1. The van der Waals surface area contributed by atoms with Crippen LogP contribution in [0.25, 0.3) is 0 Å². The molecule has 0 unspecified atom stereocenters. The quantitative estimate of drug-likeness (QED) is 0.542. The van der Waals surface area contributed by atoms with Crippen LogP contribution in [0.1, 0.15) is 5.56 Å². The smallest absolute Gasteiger partial charge is 0.259 e. The lowest BCUT2D eigenvalue weighted by Gasteiger charge is -2.10. The van der Waals surface area contributed by atoms with Crippen LogP contribution in [-0.2, 0) is 4.79 Å². The van der Waals surface area contributed by atoms with Crippen LogP contribution < -0.4 is 10.7 Å². The van der Waals surface area contributed by atoms with E-state index in [1.54, 1.807) is 30.6 Å². The van der Waals surface area contributed by atoms with E-state index in [9.17, 15) is 4.79 Å². The number of nitrogens with one attached hydrogen (secondary N) is 2. The van der Waals surface area contributed by atoms with Gasteiger partial charge in [0.15, 0.2) is 0 Å². The molecular formula is C14H11Br2ClN4O. The summed E-state index contributed by atoms with van der Waals surface area (Å²) in [6.07, 6.45) is 4.84. The third kappa shape index (κ3) is 5.08. The first kappa shape index (κ1) is 16.9. The number of hydrogen-bond acceptors (Lipinski definition) is 4. The second-order valence-corrected chi connectivity index (χ2v) is 6.32. The van der Waals surface area contributed by atoms with Gasteiger partial charge in [-0.2, -0.15) is 5.10 Å².